The fraction of sp³-hybridized carbons (Fsp3) is 0.417. The molecule has 1 atom stereocenters. The molecule has 160 valence electrons. The highest BCUT2D eigenvalue weighted by molar-refractivity contribution is 5.86. The van der Waals surface area contributed by atoms with Crippen LogP contribution in [0.15, 0.2) is 54.7 Å². The molecule has 0 aliphatic carbocycles. The molecule has 30 heavy (non-hydrogen) atoms. The van der Waals surface area contributed by atoms with Crippen LogP contribution in [0.1, 0.15) is 18.4 Å². The highest BCUT2D eigenvalue weighted by atomic mass is 16.5. The number of benzene rings is 2. The highest BCUT2D eigenvalue weighted by Crippen LogP contribution is 2.27. The van der Waals surface area contributed by atoms with Crippen LogP contribution < -0.4 is 9.47 Å². The number of aliphatic hydroxyl groups is 2. The molecule has 3 N–H and O–H groups in total. The number of aromatic nitrogens is 1. The van der Waals surface area contributed by atoms with Gasteiger partial charge in [0.15, 0.2) is 0 Å². The largest absolute Gasteiger partial charge is 0.493 e. The number of likely N-dealkylation sites (tertiary alicyclic amines) is 1. The van der Waals surface area contributed by atoms with Gasteiger partial charge in [0.2, 0.25) is 0 Å². The number of aliphatic hydroxyl groups excluding tert-OH is 2. The van der Waals surface area contributed by atoms with Crippen molar-refractivity contribution in [3.63, 3.8) is 0 Å². The smallest absolute Gasteiger partial charge is 0.129 e. The summed E-state index contributed by atoms with van der Waals surface area (Å²) in [4.78, 5) is 5.44. The Kier molecular flexibility index (Phi) is 6.89. The summed E-state index contributed by atoms with van der Waals surface area (Å²) in [5, 5.41) is 20.9. The van der Waals surface area contributed by atoms with E-state index in [-0.39, 0.29) is 13.2 Å². The van der Waals surface area contributed by atoms with Crippen molar-refractivity contribution in [1.29, 1.82) is 0 Å². The molecule has 0 saturated carbocycles. The second kappa shape index (κ2) is 9.98. The Morgan fingerprint density at radius 2 is 1.87 bits per heavy atom. The number of nitrogens with one attached hydrogen (secondary N) is 1. The first-order valence-electron chi connectivity index (χ1n) is 10.6. The van der Waals surface area contributed by atoms with E-state index >= 15 is 0 Å². The van der Waals surface area contributed by atoms with Crippen LogP contribution in [0, 0.1) is 5.92 Å². The lowest BCUT2D eigenvalue weighted by molar-refractivity contribution is 0.0507. The van der Waals surface area contributed by atoms with E-state index in [0.29, 0.717) is 18.2 Å². The van der Waals surface area contributed by atoms with Crippen LogP contribution in [0.25, 0.3) is 10.9 Å². The average molecular weight is 411 g/mol. The van der Waals surface area contributed by atoms with Crippen molar-refractivity contribution >= 4 is 10.9 Å². The zero-order valence-corrected chi connectivity index (χ0v) is 17.2. The topological polar surface area (TPSA) is 77.9 Å². The maximum atomic E-state index is 10.5. The monoisotopic (exact) mass is 410 g/mol. The number of hydrogen-bond acceptors (Lipinski definition) is 5. The van der Waals surface area contributed by atoms with Gasteiger partial charge >= 0.3 is 0 Å². The number of aromatic amines is 1. The average Bonchev–Trinajstić information content (AvgIpc) is 3.26. The van der Waals surface area contributed by atoms with Gasteiger partial charge in [-0.1, -0.05) is 18.2 Å². The molecule has 0 radical (unpaired) electrons. The number of ether oxygens (including phenoxy) is 2. The van der Waals surface area contributed by atoms with Gasteiger partial charge in [-0.2, -0.15) is 0 Å². The minimum atomic E-state index is -0.561. The summed E-state index contributed by atoms with van der Waals surface area (Å²) in [6.07, 6.45) is 3.43. The molecular formula is C24H30N2O4. The lowest BCUT2D eigenvalue weighted by Gasteiger charge is -2.33. The maximum absolute atomic E-state index is 10.5. The van der Waals surface area contributed by atoms with Gasteiger partial charge in [-0.3, -0.25) is 0 Å². The summed E-state index contributed by atoms with van der Waals surface area (Å²) in [7, 11) is 0. The van der Waals surface area contributed by atoms with Gasteiger partial charge in [0.1, 0.15) is 24.2 Å². The summed E-state index contributed by atoms with van der Waals surface area (Å²) in [5.74, 6) is 2.17. The number of fused-ring (bicyclic) bond motifs is 1. The second-order valence-corrected chi connectivity index (χ2v) is 8.02. The third-order valence-corrected chi connectivity index (χ3v) is 5.71. The van der Waals surface area contributed by atoms with E-state index < -0.39 is 6.10 Å². The first-order chi connectivity index (χ1) is 14.7. The molecule has 3 aromatic rings. The van der Waals surface area contributed by atoms with Gasteiger partial charge in [-0.05, 0) is 67.7 Å². The van der Waals surface area contributed by atoms with Crippen molar-refractivity contribution < 1.29 is 19.7 Å². The molecule has 1 aromatic heterocycles. The van der Waals surface area contributed by atoms with Crippen molar-refractivity contribution in [3.05, 3.63) is 60.3 Å². The summed E-state index contributed by atoms with van der Waals surface area (Å²) in [6.45, 7) is 3.45. The van der Waals surface area contributed by atoms with E-state index in [4.69, 9.17) is 9.47 Å². The van der Waals surface area contributed by atoms with Crippen LogP contribution in [-0.2, 0) is 6.61 Å². The molecule has 6 heteroatoms. The van der Waals surface area contributed by atoms with E-state index in [1.54, 1.807) is 0 Å². The molecule has 6 nitrogen and oxygen atoms in total. The molecule has 2 aromatic carbocycles. The molecule has 0 bridgehead atoms. The van der Waals surface area contributed by atoms with Crippen LogP contribution in [-0.4, -0.2) is 59.0 Å². The molecule has 2 heterocycles. The second-order valence-electron chi connectivity index (χ2n) is 8.02. The van der Waals surface area contributed by atoms with Crippen LogP contribution >= 0.6 is 0 Å². The standard InChI is InChI=1S/C24H30N2O4/c27-15-19-12-23-22(6-9-25-23)24(13-19)30-17-20(28)14-26-10-7-18(8-11-26)16-29-21-4-2-1-3-5-21/h1-6,9,12-13,18,20,25,27-28H,7-8,10-11,14-17H2. The van der Waals surface area contributed by atoms with E-state index in [0.717, 1.165) is 54.8 Å². The molecule has 1 fully saturated rings. The number of rotatable bonds is 9. The molecule has 1 unspecified atom stereocenters. The van der Waals surface area contributed by atoms with Crippen molar-refractivity contribution in [2.75, 3.05) is 32.8 Å². The fourth-order valence-corrected chi connectivity index (χ4v) is 4.00. The zero-order chi connectivity index (χ0) is 20.8. The Balaban J connectivity index is 1.21. The highest BCUT2D eigenvalue weighted by Gasteiger charge is 2.22. The quantitative estimate of drug-likeness (QED) is 0.505. The lowest BCUT2D eigenvalue weighted by Crippen LogP contribution is -2.41. The Morgan fingerprint density at radius 3 is 2.63 bits per heavy atom. The van der Waals surface area contributed by atoms with Crippen LogP contribution in [0.4, 0.5) is 0 Å². The van der Waals surface area contributed by atoms with Gasteiger partial charge in [0, 0.05) is 23.6 Å². The Labute approximate surface area is 177 Å². The number of hydrogen-bond donors (Lipinski definition) is 3. The van der Waals surface area contributed by atoms with E-state index in [1.807, 2.05) is 54.7 Å². The van der Waals surface area contributed by atoms with Gasteiger partial charge in [0.25, 0.3) is 0 Å². The summed E-state index contributed by atoms with van der Waals surface area (Å²) < 4.78 is 11.8. The first-order valence-corrected chi connectivity index (χ1v) is 10.6. The third kappa shape index (κ3) is 5.33. The number of piperidine rings is 1. The van der Waals surface area contributed by atoms with Crippen molar-refractivity contribution in [2.45, 2.75) is 25.6 Å². The van der Waals surface area contributed by atoms with Crippen molar-refractivity contribution in [1.82, 2.24) is 9.88 Å². The Bertz CT molecular complexity index is 919. The molecule has 0 amide bonds. The number of β-amino-alcohol motifs (C(OH)–C–C–N with tert-alkyl or cyclic N) is 1. The number of nitrogens with zero attached hydrogens (tertiary/aromatic N) is 1. The van der Waals surface area contributed by atoms with Crippen LogP contribution in [0.2, 0.25) is 0 Å². The zero-order valence-electron chi connectivity index (χ0n) is 17.2. The number of para-hydroxylation sites is 1. The molecule has 1 aliphatic rings. The van der Waals surface area contributed by atoms with E-state index in [1.165, 1.54) is 0 Å². The first kappa shape index (κ1) is 20.7. The third-order valence-electron chi connectivity index (χ3n) is 5.71. The predicted molar refractivity (Wildman–Crippen MR) is 117 cm³/mol. The SMILES string of the molecule is OCc1cc(OCC(O)CN2CCC(COc3ccccc3)CC2)c2cc[nH]c2c1. The maximum Gasteiger partial charge on any atom is 0.129 e. The van der Waals surface area contributed by atoms with Gasteiger partial charge in [-0.25, -0.2) is 0 Å². The fourth-order valence-electron chi connectivity index (χ4n) is 4.00. The van der Waals surface area contributed by atoms with Crippen LogP contribution in [0.5, 0.6) is 11.5 Å². The summed E-state index contributed by atoms with van der Waals surface area (Å²) in [6, 6.07) is 15.6. The van der Waals surface area contributed by atoms with Gasteiger partial charge < -0.3 is 29.6 Å². The molecule has 0 spiro atoms. The van der Waals surface area contributed by atoms with Gasteiger partial charge in [0.05, 0.1) is 13.2 Å². The Morgan fingerprint density at radius 1 is 1.07 bits per heavy atom. The van der Waals surface area contributed by atoms with Crippen molar-refractivity contribution in [3.8, 4) is 11.5 Å². The van der Waals surface area contributed by atoms with E-state index in [2.05, 4.69) is 9.88 Å². The number of H-pyrrole nitrogens is 1. The molecule has 4 rings (SSSR count). The lowest BCUT2D eigenvalue weighted by atomic mass is 9.97. The molecule has 1 saturated heterocycles. The summed E-state index contributed by atoms with van der Waals surface area (Å²) in [5.41, 5.74) is 1.71. The van der Waals surface area contributed by atoms with Crippen LogP contribution in [0.3, 0.4) is 0 Å². The van der Waals surface area contributed by atoms with E-state index in [9.17, 15) is 10.2 Å². The predicted octanol–water partition coefficient (Wildman–Crippen LogP) is 3.19. The molecular weight excluding hydrogens is 380 g/mol. The van der Waals surface area contributed by atoms with Gasteiger partial charge in [-0.15, -0.1) is 0 Å². The normalized spacial score (nSPS) is 16.6. The minimum absolute atomic E-state index is 0.0448. The Hall–Kier alpha value is -2.54. The summed E-state index contributed by atoms with van der Waals surface area (Å²) >= 11 is 0. The molecule has 1 aliphatic heterocycles. The van der Waals surface area contributed by atoms with Crippen molar-refractivity contribution in [2.24, 2.45) is 5.92 Å². The minimum Gasteiger partial charge on any atom is -0.493 e.